The summed E-state index contributed by atoms with van der Waals surface area (Å²) in [6, 6.07) is 0.259. The van der Waals surface area contributed by atoms with Crippen LogP contribution in [0.3, 0.4) is 0 Å². The van der Waals surface area contributed by atoms with Gasteiger partial charge in [0.25, 0.3) is 0 Å². The number of hydrogen-bond acceptors (Lipinski definition) is 4. The minimum absolute atomic E-state index is 0.0330. The fraction of sp³-hybridized carbons (Fsp3) is 0.882. The number of hydrogen-bond donors (Lipinski definition) is 1. The van der Waals surface area contributed by atoms with E-state index in [1.54, 1.807) is 4.90 Å². The number of likely N-dealkylation sites (tertiary alicyclic amines) is 1. The van der Waals surface area contributed by atoms with Crippen molar-refractivity contribution in [1.29, 1.82) is 0 Å². The first kappa shape index (κ1) is 19.7. The molecule has 0 bridgehead atoms. The smallest absolute Gasteiger partial charge is 0.410 e. The molecule has 0 aromatic rings. The molecule has 0 aromatic carbocycles. The second kappa shape index (κ2) is 7.07. The number of carboxylic acid groups (broad SMARTS) is 1. The van der Waals surface area contributed by atoms with Gasteiger partial charge in [-0.3, -0.25) is 9.69 Å². The summed E-state index contributed by atoms with van der Waals surface area (Å²) in [6.07, 6.45) is 0.652. The molecule has 1 saturated heterocycles. The highest BCUT2D eigenvalue weighted by molar-refractivity contribution is 5.73. The molecule has 6 nitrogen and oxygen atoms in total. The van der Waals surface area contributed by atoms with Crippen molar-refractivity contribution in [2.75, 3.05) is 20.1 Å². The average Bonchev–Trinajstić information content (AvgIpc) is 2.28. The summed E-state index contributed by atoms with van der Waals surface area (Å²) in [5.74, 6) is -0.297. The summed E-state index contributed by atoms with van der Waals surface area (Å²) in [7, 11) is 1.96. The largest absolute Gasteiger partial charge is 0.481 e. The molecule has 1 N–H and O–H groups in total. The lowest BCUT2D eigenvalue weighted by Crippen LogP contribution is -2.72. The van der Waals surface area contributed by atoms with Crippen LogP contribution in [-0.2, 0) is 9.53 Å². The fourth-order valence-electron chi connectivity index (χ4n) is 3.17. The van der Waals surface area contributed by atoms with E-state index < -0.39 is 17.1 Å². The molecule has 23 heavy (non-hydrogen) atoms. The molecule has 0 saturated carbocycles. The normalized spacial score (nSPS) is 18.7. The lowest BCUT2D eigenvalue weighted by atomic mass is 9.83. The van der Waals surface area contributed by atoms with Gasteiger partial charge in [0.2, 0.25) is 0 Å². The van der Waals surface area contributed by atoms with E-state index in [9.17, 15) is 14.7 Å². The van der Waals surface area contributed by atoms with E-state index >= 15 is 0 Å². The third kappa shape index (κ3) is 5.37. The highest BCUT2D eigenvalue weighted by Gasteiger charge is 2.51. The van der Waals surface area contributed by atoms with Gasteiger partial charge in [-0.2, -0.15) is 0 Å². The van der Waals surface area contributed by atoms with Crippen LogP contribution in [0.5, 0.6) is 0 Å². The van der Waals surface area contributed by atoms with Crippen LogP contribution in [0.15, 0.2) is 0 Å². The Morgan fingerprint density at radius 2 is 1.78 bits per heavy atom. The molecule has 1 aliphatic rings. The van der Waals surface area contributed by atoms with Gasteiger partial charge in [-0.1, -0.05) is 13.8 Å². The van der Waals surface area contributed by atoms with Gasteiger partial charge in [0.1, 0.15) is 5.60 Å². The Labute approximate surface area is 139 Å². The Balaban J connectivity index is 2.77. The minimum atomic E-state index is -0.836. The molecule has 134 valence electrons. The van der Waals surface area contributed by atoms with Crippen molar-refractivity contribution >= 4 is 12.1 Å². The predicted molar refractivity (Wildman–Crippen MR) is 89.5 cm³/mol. The zero-order valence-corrected chi connectivity index (χ0v) is 15.5. The van der Waals surface area contributed by atoms with E-state index in [0.717, 1.165) is 6.42 Å². The molecule has 0 aliphatic carbocycles. The Hall–Kier alpha value is -1.30. The van der Waals surface area contributed by atoms with Crippen molar-refractivity contribution in [3.63, 3.8) is 0 Å². The summed E-state index contributed by atoms with van der Waals surface area (Å²) in [4.78, 5) is 27.1. The molecule has 0 aromatic heterocycles. The molecule has 1 unspecified atom stereocenters. The maximum Gasteiger partial charge on any atom is 0.410 e. The van der Waals surface area contributed by atoms with E-state index in [2.05, 4.69) is 25.7 Å². The Morgan fingerprint density at radius 1 is 1.26 bits per heavy atom. The molecular formula is C17H32N2O4. The minimum Gasteiger partial charge on any atom is -0.481 e. The summed E-state index contributed by atoms with van der Waals surface area (Å²) in [5, 5.41) is 9.28. The van der Waals surface area contributed by atoms with Crippen LogP contribution in [0, 0.1) is 5.92 Å². The second-order valence-electron chi connectivity index (χ2n) is 8.22. The van der Waals surface area contributed by atoms with Crippen LogP contribution < -0.4 is 0 Å². The van der Waals surface area contributed by atoms with Crippen LogP contribution >= 0.6 is 0 Å². The maximum atomic E-state index is 12.1. The molecule has 1 amide bonds. The Bertz CT molecular complexity index is 436. The summed E-state index contributed by atoms with van der Waals surface area (Å²) in [6.45, 7) is 12.7. The monoisotopic (exact) mass is 328 g/mol. The highest BCUT2D eigenvalue weighted by Crippen LogP contribution is 2.34. The molecule has 1 rings (SSSR count). The van der Waals surface area contributed by atoms with Gasteiger partial charge < -0.3 is 14.7 Å². The van der Waals surface area contributed by atoms with E-state index in [0.29, 0.717) is 19.0 Å². The SMILES string of the molecule is CC(C)CC(C)N(C)C1(CC(=O)O)CN(C(=O)OC(C)(C)C)C1. The van der Waals surface area contributed by atoms with Crippen molar-refractivity contribution in [2.24, 2.45) is 5.92 Å². The van der Waals surface area contributed by atoms with Gasteiger partial charge >= 0.3 is 12.1 Å². The van der Waals surface area contributed by atoms with Gasteiger partial charge in [-0.05, 0) is 47.1 Å². The molecule has 6 heteroatoms. The Morgan fingerprint density at radius 3 is 2.17 bits per heavy atom. The molecule has 1 heterocycles. The number of amides is 1. The number of nitrogens with zero attached hydrogens (tertiary/aromatic N) is 2. The van der Waals surface area contributed by atoms with Crippen molar-refractivity contribution in [2.45, 2.75) is 71.6 Å². The van der Waals surface area contributed by atoms with Gasteiger partial charge in [-0.15, -0.1) is 0 Å². The number of aliphatic carboxylic acids is 1. The summed E-state index contributed by atoms with van der Waals surface area (Å²) in [5.41, 5.74) is -1.05. The van der Waals surface area contributed by atoms with Crippen LogP contribution in [0.2, 0.25) is 0 Å². The molecule has 0 spiro atoms. The molecular weight excluding hydrogens is 296 g/mol. The topological polar surface area (TPSA) is 70.1 Å². The van der Waals surface area contributed by atoms with Crippen molar-refractivity contribution in [3.05, 3.63) is 0 Å². The quantitative estimate of drug-likeness (QED) is 0.812. The Kier molecular flexibility index (Phi) is 6.07. The van der Waals surface area contributed by atoms with Crippen LogP contribution in [-0.4, -0.2) is 64.3 Å². The maximum absolute atomic E-state index is 12.1. The molecule has 0 radical (unpaired) electrons. The third-order valence-electron chi connectivity index (χ3n) is 4.32. The van der Waals surface area contributed by atoms with Crippen LogP contribution in [0.1, 0.15) is 54.4 Å². The number of rotatable bonds is 6. The third-order valence-corrected chi connectivity index (χ3v) is 4.32. The van der Waals surface area contributed by atoms with Crippen molar-refractivity contribution in [3.8, 4) is 0 Å². The molecule has 1 atom stereocenters. The number of carbonyl (C=O) groups is 2. The predicted octanol–water partition coefficient (Wildman–Crippen LogP) is 2.82. The van der Waals surface area contributed by atoms with E-state index in [4.69, 9.17) is 4.74 Å². The zero-order chi connectivity index (χ0) is 18.0. The number of carboxylic acids is 1. The van der Waals surface area contributed by atoms with Gasteiger partial charge in [0.05, 0.1) is 12.0 Å². The standard InChI is InChI=1S/C17H32N2O4/c1-12(2)8-13(3)18(7)17(9-14(20)21)10-19(11-17)15(22)23-16(4,5)6/h12-13H,8-11H2,1-7H3,(H,20,21). The lowest BCUT2D eigenvalue weighted by Gasteiger charge is -2.55. The van der Waals surface area contributed by atoms with Gasteiger partial charge in [0.15, 0.2) is 0 Å². The molecule has 1 fully saturated rings. The first-order chi connectivity index (χ1) is 10.4. The highest BCUT2D eigenvalue weighted by atomic mass is 16.6. The first-order valence-corrected chi connectivity index (χ1v) is 8.29. The molecule has 1 aliphatic heterocycles. The summed E-state index contributed by atoms with van der Waals surface area (Å²) >= 11 is 0. The lowest BCUT2D eigenvalue weighted by molar-refractivity contribution is -0.146. The van der Waals surface area contributed by atoms with E-state index in [1.165, 1.54) is 0 Å². The van der Waals surface area contributed by atoms with Crippen LogP contribution in [0.25, 0.3) is 0 Å². The van der Waals surface area contributed by atoms with Gasteiger partial charge in [0, 0.05) is 19.1 Å². The fourth-order valence-corrected chi connectivity index (χ4v) is 3.17. The van der Waals surface area contributed by atoms with E-state index in [1.807, 2.05) is 27.8 Å². The van der Waals surface area contributed by atoms with Crippen molar-refractivity contribution in [1.82, 2.24) is 9.80 Å². The number of carbonyl (C=O) groups excluding carboxylic acids is 1. The van der Waals surface area contributed by atoms with Crippen LogP contribution in [0.4, 0.5) is 4.79 Å². The number of likely N-dealkylation sites (N-methyl/N-ethyl adjacent to an activating group) is 1. The average molecular weight is 328 g/mol. The zero-order valence-electron chi connectivity index (χ0n) is 15.5. The first-order valence-electron chi connectivity index (χ1n) is 8.29. The van der Waals surface area contributed by atoms with Crippen molar-refractivity contribution < 1.29 is 19.4 Å². The number of ether oxygens (including phenoxy) is 1. The summed E-state index contributed by atoms with van der Waals surface area (Å²) < 4.78 is 5.37. The second-order valence-corrected chi connectivity index (χ2v) is 8.22. The van der Waals surface area contributed by atoms with Gasteiger partial charge in [-0.25, -0.2) is 4.79 Å². The van der Waals surface area contributed by atoms with E-state index in [-0.39, 0.29) is 18.6 Å².